The average Bonchev–Trinajstić information content (AvgIpc) is 1.61. The van der Waals surface area contributed by atoms with Crippen molar-refractivity contribution >= 4 is 101 Å². The van der Waals surface area contributed by atoms with E-state index in [9.17, 15) is 22.8 Å². The fourth-order valence-corrected chi connectivity index (χ4v) is 16.1. The third-order valence-electron chi connectivity index (χ3n) is 20.8. The summed E-state index contributed by atoms with van der Waals surface area (Å²) in [6.45, 7) is 2.53. The van der Waals surface area contributed by atoms with Gasteiger partial charge in [-0.3, -0.25) is 27.8 Å². The number of H-pyrrole nitrogens is 3. The first-order valence-corrected chi connectivity index (χ1v) is 36.4. The van der Waals surface area contributed by atoms with Crippen LogP contribution in [0.4, 0.5) is 30.6 Å². The SMILES string of the molecule is Nc1nccn2c(C3CCC(c4nc5ccccc5[nH]4)CC3)nc(-c3cc4ccccc4[nH]3)c12.Nc1nccn2c(C3CCN(C(=O)Cc4ccc(OC(F)(F)F)cc4)CC3)nc(-c3cc4ccccc4[nH]3)c12.Nc1nccn2c(C3CCN(C(=O)c4ccsc4)CC3)nc(-c3ccc4cccnc4c3)c12. The molecule has 0 radical (unpaired) electrons. The Labute approximate surface area is 608 Å². The lowest BCUT2D eigenvalue weighted by molar-refractivity contribution is -0.274. The van der Waals surface area contributed by atoms with Crippen LogP contribution in [0.15, 0.2) is 200 Å². The Morgan fingerprint density at radius 1 is 0.491 bits per heavy atom. The number of piperidine rings is 2. The Hall–Kier alpha value is -12.5. The molecule has 5 aromatic carbocycles. The molecule has 26 heteroatoms. The van der Waals surface area contributed by atoms with Crippen molar-refractivity contribution in [3.05, 3.63) is 234 Å². The third kappa shape index (κ3) is 13.2. The summed E-state index contributed by atoms with van der Waals surface area (Å²) in [6, 6.07) is 46.2. The summed E-state index contributed by atoms with van der Waals surface area (Å²) in [6.07, 6.45) is 15.5. The molecule has 2 amide bonds. The van der Waals surface area contributed by atoms with Crippen molar-refractivity contribution in [3.63, 3.8) is 0 Å². The van der Waals surface area contributed by atoms with Gasteiger partial charge in [-0.15, -0.1) is 13.2 Å². The molecule has 3 fully saturated rings. The molecule has 532 valence electrons. The molecule has 106 heavy (non-hydrogen) atoms. The van der Waals surface area contributed by atoms with Gasteiger partial charge in [-0.05, 0) is 129 Å². The van der Waals surface area contributed by atoms with E-state index in [1.165, 1.54) is 24.3 Å². The highest BCUT2D eigenvalue weighted by atomic mass is 32.1. The summed E-state index contributed by atoms with van der Waals surface area (Å²) in [4.78, 5) is 77.5. The second-order valence-corrected chi connectivity index (χ2v) is 28.1. The van der Waals surface area contributed by atoms with Crippen molar-refractivity contribution in [2.75, 3.05) is 43.4 Å². The van der Waals surface area contributed by atoms with Crippen molar-refractivity contribution < 1.29 is 27.5 Å². The number of nitrogens with zero attached hydrogens (tertiary/aromatic N) is 13. The minimum atomic E-state index is -4.75. The number of para-hydroxylation sites is 4. The fourth-order valence-electron chi connectivity index (χ4n) is 15.5. The van der Waals surface area contributed by atoms with E-state index in [4.69, 9.17) is 37.1 Å². The van der Waals surface area contributed by atoms with Gasteiger partial charge >= 0.3 is 6.36 Å². The van der Waals surface area contributed by atoms with Crippen molar-refractivity contribution in [1.29, 1.82) is 0 Å². The molecule has 13 heterocycles. The van der Waals surface area contributed by atoms with Gasteiger partial charge in [0.25, 0.3) is 5.91 Å². The fraction of sp³-hybridized carbons (Fsp3) is 0.225. The second kappa shape index (κ2) is 28.0. The van der Waals surface area contributed by atoms with Crippen LogP contribution in [0.25, 0.3) is 94.3 Å². The van der Waals surface area contributed by atoms with Crippen LogP contribution in [-0.2, 0) is 11.2 Å². The molecule has 3 aliphatic rings. The standard InChI is InChI=1S/C28H25F3N6O2.C27H25N7.C25H22N6OS/c29-28(30,31)39-20-7-5-17(6-8-20)15-23(38)36-12-9-18(10-13-36)27-35-24(25-26(32)33-11-14-37(25)27)22-16-19-3-1-2-4-21(19)34-22;28-25-24-23(22-15-18-5-1-2-6-19(18)30-22)33-27(34(24)14-13-29-25)17-11-9-16(10-12-17)26-31-20-7-3-4-8-21(20)32-26;26-23-22-21(18-4-3-16-2-1-8-27-20(16)14-18)29-24(31(22)12-9-28-23)17-5-10-30(11-6-17)25(32)19-7-13-33-15-19/h1-8,11,14,16,18,34H,9-10,12-13,15H2,(H2,32,33);1-8,13-17,30H,9-12H2,(H2,28,29)(H,31,32);1-4,7-9,12-15,17H,5-6,10-11H2,(H2,26,28). The number of thiophene rings is 1. The summed E-state index contributed by atoms with van der Waals surface area (Å²) in [7, 11) is 0. The summed E-state index contributed by atoms with van der Waals surface area (Å²) in [5.74, 6) is 6.28. The topological polar surface area (TPSA) is 292 Å². The van der Waals surface area contributed by atoms with Gasteiger partial charge in [0.15, 0.2) is 0 Å². The van der Waals surface area contributed by atoms with Gasteiger partial charge in [-0.1, -0.05) is 78.9 Å². The zero-order chi connectivity index (χ0) is 72.2. The van der Waals surface area contributed by atoms with Crippen molar-refractivity contribution in [2.24, 2.45) is 0 Å². The van der Waals surface area contributed by atoms with Crippen LogP contribution in [-0.4, -0.2) is 122 Å². The molecule has 0 spiro atoms. The van der Waals surface area contributed by atoms with Crippen LogP contribution in [0, 0.1) is 0 Å². The van der Waals surface area contributed by atoms with Crippen LogP contribution in [0.3, 0.4) is 0 Å². The molecule has 0 bridgehead atoms. The quantitative estimate of drug-likeness (QED) is 0.0702. The first-order valence-electron chi connectivity index (χ1n) is 35.5. The lowest BCUT2D eigenvalue weighted by atomic mass is 9.81. The molecule has 1 aliphatic carbocycles. The summed E-state index contributed by atoms with van der Waals surface area (Å²) >= 11 is 1.55. The molecule has 9 N–H and O–H groups in total. The number of amides is 2. The number of fused-ring (bicyclic) bond motifs is 7. The Morgan fingerprint density at radius 3 is 1.55 bits per heavy atom. The van der Waals surface area contributed by atoms with E-state index in [0.717, 1.165) is 175 Å². The number of alkyl halides is 3. The number of imidazole rings is 4. The number of anilines is 3. The van der Waals surface area contributed by atoms with Crippen molar-refractivity contribution in [3.8, 4) is 39.8 Å². The van der Waals surface area contributed by atoms with Crippen LogP contribution in [0.2, 0.25) is 0 Å². The molecule has 22 nitrogen and oxygen atoms in total. The van der Waals surface area contributed by atoms with Gasteiger partial charge in [-0.2, -0.15) is 11.3 Å². The number of rotatable bonds is 11. The third-order valence-corrected chi connectivity index (χ3v) is 21.5. The summed E-state index contributed by atoms with van der Waals surface area (Å²) in [5.41, 5.74) is 33.2. The number of carbonyl (C=O) groups is 2. The summed E-state index contributed by atoms with van der Waals surface area (Å²) in [5, 5.41) is 7.18. The average molecular weight is 1440 g/mol. The maximum atomic E-state index is 12.9. The van der Waals surface area contributed by atoms with Gasteiger partial charge in [0.1, 0.15) is 80.1 Å². The van der Waals surface area contributed by atoms with E-state index in [0.29, 0.717) is 61.0 Å². The van der Waals surface area contributed by atoms with E-state index in [2.05, 4.69) is 109 Å². The number of hydrogen-bond acceptors (Lipinski definition) is 15. The largest absolute Gasteiger partial charge is 0.573 e. The molecule has 2 aliphatic heterocycles. The number of ether oxygens (including phenoxy) is 1. The van der Waals surface area contributed by atoms with E-state index < -0.39 is 6.36 Å². The van der Waals surface area contributed by atoms with Crippen molar-refractivity contribution in [1.82, 2.24) is 77.8 Å². The first kappa shape index (κ1) is 66.8. The van der Waals surface area contributed by atoms with Gasteiger partial charge in [-0.25, -0.2) is 34.9 Å². The van der Waals surface area contributed by atoms with E-state index in [1.54, 1.807) is 41.0 Å². The molecule has 19 rings (SSSR count). The number of aromatic nitrogens is 14. The molecular formula is C80H72F3N19O3S. The second-order valence-electron chi connectivity index (χ2n) is 27.3. The lowest BCUT2D eigenvalue weighted by Crippen LogP contribution is -2.39. The van der Waals surface area contributed by atoms with Gasteiger partial charge in [0.2, 0.25) is 5.91 Å². The number of likely N-dealkylation sites (tertiary alicyclic amines) is 2. The predicted octanol–water partition coefficient (Wildman–Crippen LogP) is 15.7. The Kier molecular flexibility index (Phi) is 17.6. The highest BCUT2D eigenvalue weighted by molar-refractivity contribution is 7.08. The highest BCUT2D eigenvalue weighted by Crippen LogP contribution is 2.43. The van der Waals surface area contributed by atoms with E-state index >= 15 is 0 Å². The van der Waals surface area contributed by atoms with E-state index in [-0.39, 0.29) is 35.8 Å². The minimum Gasteiger partial charge on any atom is -0.406 e. The Balaban J connectivity index is 0.000000117. The van der Waals surface area contributed by atoms with Crippen LogP contribution < -0.4 is 21.9 Å². The molecule has 0 unspecified atom stereocenters. The Bertz CT molecular complexity index is 5810. The Morgan fingerprint density at radius 2 is 1.00 bits per heavy atom. The number of nitrogen functional groups attached to an aromatic ring is 3. The van der Waals surface area contributed by atoms with Crippen LogP contribution in [0.1, 0.15) is 114 Å². The number of pyridine rings is 1. The number of nitrogens with two attached hydrogens (primary N) is 3. The predicted molar refractivity (Wildman–Crippen MR) is 405 cm³/mol. The first-order chi connectivity index (χ1) is 51.7. The number of benzene rings is 5. The molecule has 1 saturated carbocycles. The maximum Gasteiger partial charge on any atom is 0.573 e. The zero-order valence-corrected chi connectivity index (χ0v) is 58.2. The van der Waals surface area contributed by atoms with Crippen LogP contribution in [0.5, 0.6) is 5.75 Å². The van der Waals surface area contributed by atoms with E-state index in [1.807, 2.05) is 99.3 Å². The molecule has 0 atom stereocenters. The number of hydrogen-bond donors (Lipinski definition) is 6. The van der Waals surface area contributed by atoms with Crippen molar-refractivity contribution in [2.45, 2.75) is 87.8 Å². The lowest BCUT2D eigenvalue weighted by Gasteiger charge is -2.31. The molecular weight excluding hydrogens is 1360 g/mol. The number of aromatic amines is 3. The van der Waals surface area contributed by atoms with Gasteiger partial charge in [0.05, 0.1) is 39.9 Å². The monoisotopic (exact) mass is 1440 g/mol. The van der Waals surface area contributed by atoms with Crippen LogP contribution >= 0.6 is 11.3 Å². The minimum absolute atomic E-state index is 0.0712. The van der Waals surface area contributed by atoms with Gasteiger partial charge < -0.3 is 46.7 Å². The number of halogens is 3. The van der Waals surface area contributed by atoms with Gasteiger partial charge in [0, 0.05) is 131 Å². The molecule has 11 aromatic heterocycles. The zero-order valence-electron chi connectivity index (χ0n) is 57.4. The maximum absolute atomic E-state index is 12.9. The number of nitrogens with one attached hydrogen (secondary N) is 3. The smallest absolute Gasteiger partial charge is 0.406 e. The normalized spacial score (nSPS) is 16.1. The number of carbonyl (C=O) groups excluding carboxylic acids is 2. The molecule has 16 aromatic rings. The molecule has 2 saturated heterocycles. The highest BCUT2D eigenvalue weighted by Gasteiger charge is 2.34. The summed E-state index contributed by atoms with van der Waals surface area (Å²) < 4.78 is 47.3.